The maximum atomic E-state index is 12.9. The molecule has 0 saturated carbocycles. The second kappa shape index (κ2) is 10.8. The number of ether oxygens (including phenoxy) is 1. The molecule has 2 aliphatic rings. The van der Waals surface area contributed by atoms with Crippen LogP contribution in [-0.2, 0) is 4.79 Å². The van der Waals surface area contributed by atoms with Crippen molar-refractivity contribution >= 4 is 52.1 Å². The second-order valence-electron chi connectivity index (χ2n) is 8.57. The summed E-state index contributed by atoms with van der Waals surface area (Å²) in [5, 5.41) is 6.93. The molecule has 3 aromatic rings. The number of rotatable bonds is 7. The lowest BCUT2D eigenvalue weighted by molar-refractivity contribution is -0.113. The van der Waals surface area contributed by atoms with E-state index in [4.69, 9.17) is 9.72 Å². The molecule has 1 aromatic heterocycles. The number of piperidine rings is 1. The monoisotopic (exact) mass is 509 g/mol. The van der Waals surface area contributed by atoms with Gasteiger partial charge in [-0.05, 0) is 49.7 Å². The molecule has 1 atom stereocenters. The Morgan fingerprint density at radius 1 is 1.29 bits per heavy atom. The third kappa shape index (κ3) is 5.88. The Bertz CT molecular complexity index is 1250. The van der Waals surface area contributed by atoms with Gasteiger partial charge in [0.05, 0.1) is 35.8 Å². The van der Waals surface area contributed by atoms with E-state index in [1.807, 2.05) is 36.5 Å². The number of hydrogen-bond donors (Lipinski definition) is 2. The van der Waals surface area contributed by atoms with Gasteiger partial charge in [-0.25, -0.2) is 4.98 Å². The van der Waals surface area contributed by atoms with Crippen LogP contribution in [-0.4, -0.2) is 71.0 Å². The lowest BCUT2D eigenvalue weighted by Crippen LogP contribution is -2.48. The lowest BCUT2D eigenvalue weighted by Gasteiger charge is -2.33. The first-order valence-electron chi connectivity index (χ1n) is 11.6. The molecule has 2 amide bonds. The van der Waals surface area contributed by atoms with Gasteiger partial charge in [0, 0.05) is 41.4 Å². The van der Waals surface area contributed by atoms with E-state index < -0.39 is 0 Å². The minimum absolute atomic E-state index is 0.0322. The lowest BCUT2D eigenvalue weighted by atomic mass is 10.0. The van der Waals surface area contributed by atoms with E-state index in [1.165, 1.54) is 11.8 Å². The number of aromatic nitrogens is 2. The smallest absolute Gasteiger partial charge is 0.251 e. The summed E-state index contributed by atoms with van der Waals surface area (Å²) in [6, 6.07) is 11.3. The average Bonchev–Trinajstić information content (AvgIpc) is 2.88. The highest BCUT2D eigenvalue weighted by Gasteiger charge is 2.23. The summed E-state index contributed by atoms with van der Waals surface area (Å²) < 4.78 is 5.29. The number of fused-ring (bicyclic) bond motifs is 2. The van der Waals surface area contributed by atoms with Crippen molar-refractivity contribution in [2.75, 3.05) is 43.6 Å². The highest BCUT2D eigenvalue weighted by molar-refractivity contribution is 8.00. The molecule has 35 heavy (non-hydrogen) atoms. The molecule has 0 spiro atoms. The van der Waals surface area contributed by atoms with Crippen molar-refractivity contribution in [1.29, 1.82) is 0 Å². The number of anilines is 1. The van der Waals surface area contributed by atoms with Gasteiger partial charge in [-0.1, -0.05) is 0 Å². The van der Waals surface area contributed by atoms with E-state index >= 15 is 0 Å². The van der Waals surface area contributed by atoms with E-state index in [0.717, 1.165) is 70.6 Å². The third-order valence-electron chi connectivity index (χ3n) is 6.10. The molecule has 3 heterocycles. The number of nitrogens with one attached hydrogen (secondary N) is 2. The van der Waals surface area contributed by atoms with Crippen molar-refractivity contribution in [3.8, 4) is 5.75 Å². The summed E-state index contributed by atoms with van der Waals surface area (Å²) in [4.78, 5) is 37.1. The van der Waals surface area contributed by atoms with Gasteiger partial charge in [0.25, 0.3) is 5.91 Å². The fourth-order valence-electron chi connectivity index (χ4n) is 4.32. The first kappa shape index (κ1) is 23.9. The Balaban J connectivity index is 1.13. The molecular weight excluding hydrogens is 482 g/mol. The number of nitrogens with zero attached hydrogens (tertiary/aromatic N) is 3. The Hall–Kier alpha value is -2.82. The summed E-state index contributed by atoms with van der Waals surface area (Å²) in [6.07, 6.45) is 3.82. The van der Waals surface area contributed by atoms with Crippen LogP contribution in [0.5, 0.6) is 5.75 Å². The standard InChI is InChI=1S/C25H27N5O3S2/c1-33-18-5-6-19-20(12-18)29-24(13-26-19)34-10-9-30-8-2-3-17(14-30)27-25(32)16-4-7-22-21(11-16)28-23(31)15-35-22/h4-7,11-13,17H,2-3,8-10,14-15H2,1H3,(H,27,32)(H,28,31). The number of thioether (sulfide) groups is 2. The van der Waals surface area contributed by atoms with Crippen LogP contribution in [0.4, 0.5) is 5.69 Å². The number of carbonyl (C=O) groups is 2. The van der Waals surface area contributed by atoms with Gasteiger partial charge in [-0.15, -0.1) is 23.5 Å². The van der Waals surface area contributed by atoms with E-state index in [0.29, 0.717) is 11.3 Å². The maximum absolute atomic E-state index is 12.9. The molecule has 2 N–H and O–H groups in total. The van der Waals surface area contributed by atoms with Gasteiger partial charge in [0.1, 0.15) is 10.8 Å². The summed E-state index contributed by atoms with van der Waals surface area (Å²) in [5.74, 6) is 1.95. The van der Waals surface area contributed by atoms with Crippen molar-refractivity contribution in [2.24, 2.45) is 0 Å². The van der Waals surface area contributed by atoms with Crippen molar-refractivity contribution in [3.63, 3.8) is 0 Å². The molecule has 1 unspecified atom stereocenters. The SMILES string of the molecule is COc1ccc2ncc(SCCN3CCCC(NC(=O)c4ccc5c(c4)NC(=O)CS5)C3)nc2c1. The quantitative estimate of drug-likeness (QED) is 0.466. The van der Waals surface area contributed by atoms with Gasteiger partial charge in [0.2, 0.25) is 5.91 Å². The Morgan fingerprint density at radius 3 is 3.09 bits per heavy atom. The van der Waals surface area contributed by atoms with E-state index in [9.17, 15) is 9.59 Å². The Kier molecular flexibility index (Phi) is 7.40. The van der Waals surface area contributed by atoms with Crippen molar-refractivity contribution in [1.82, 2.24) is 20.2 Å². The van der Waals surface area contributed by atoms with E-state index in [2.05, 4.69) is 20.5 Å². The fraction of sp³-hybridized carbons (Fsp3) is 0.360. The topological polar surface area (TPSA) is 96.5 Å². The van der Waals surface area contributed by atoms with Crippen LogP contribution in [0.3, 0.4) is 0 Å². The van der Waals surface area contributed by atoms with Gasteiger partial charge >= 0.3 is 0 Å². The van der Waals surface area contributed by atoms with Crippen LogP contribution in [0.2, 0.25) is 0 Å². The average molecular weight is 510 g/mol. The summed E-state index contributed by atoms with van der Waals surface area (Å²) in [5.41, 5.74) is 2.97. The maximum Gasteiger partial charge on any atom is 0.251 e. The molecular formula is C25H27N5O3S2. The van der Waals surface area contributed by atoms with Crippen molar-refractivity contribution in [2.45, 2.75) is 28.8 Å². The molecule has 1 fully saturated rings. The van der Waals surface area contributed by atoms with E-state index in [1.54, 1.807) is 24.9 Å². The van der Waals surface area contributed by atoms with Crippen LogP contribution in [0.25, 0.3) is 11.0 Å². The first-order valence-corrected chi connectivity index (χ1v) is 13.6. The highest BCUT2D eigenvalue weighted by atomic mass is 32.2. The molecule has 0 aliphatic carbocycles. The summed E-state index contributed by atoms with van der Waals surface area (Å²) in [6.45, 7) is 2.76. The van der Waals surface area contributed by atoms with Crippen molar-refractivity contribution in [3.05, 3.63) is 48.2 Å². The molecule has 10 heteroatoms. The number of likely N-dealkylation sites (tertiary alicyclic amines) is 1. The zero-order valence-corrected chi connectivity index (χ0v) is 21.1. The van der Waals surface area contributed by atoms with Gasteiger partial charge in [-0.2, -0.15) is 0 Å². The predicted molar refractivity (Wildman–Crippen MR) is 140 cm³/mol. The number of benzene rings is 2. The van der Waals surface area contributed by atoms with Crippen LogP contribution in [0, 0.1) is 0 Å². The van der Waals surface area contributed by atoms with Crippen LogP contribution >= 0.6 is 23.5 Å². The highest BCUT2D eigenvalue weighted by Crippen LogP contribution is 2.32. The second-order valence-corrected chi connectivity index (χ2v) is 10.7. The normalized spacial score (nSPS) is 18.1. The molecule has 1 saturated heterocycles. The molecule has 2 aromatic carbocycles. The third-order valence-corrected chi connectivity index (χ3v) is 8.05. The van der Waals surface area contributed by atoms with Crippen molar-refractivity contribution < 1.29 is 14.3 Å². The molecule has 5 rings (SSSR count). The fourth-order valence-corrected chi connectivity index (χ4v) is 5.96. The van der Waals surface area contributed by atoms with Crippen LogP contribution in [0.15, 0.2) is 52.5 Å². The van der Waals surface area contributed by atoms with Crippen LogP contribution in [0.1, 0.15) is 23.2 Å². The molecule has 182 valence electrons. The van der Waals surface area contributed by atoms with Gasteiger partial charge in [0.15, 0.2) is 0 Å². The zero-order valence-electron chi connectivity index (χ0n) is 19.5. The number of carbonyl (C=O) groups excluding carboxylic acids is 2. The zero-order chi connectivity index (χ0) is 24.2. The molecule has 0 bridgehead atoms. The largest absolute Gasteiger partial charge is 0.497 e. The molecule has 0 radical (unpaired) electrons. The first-order chi connectivity index (χ1) is 17.1. The van der Waals surface area contributed by atoms with Crippen LogP contribution < -0.4 is 15.4 Å². The van der Waals surface area contributed by atoms with Gasteiger partial charge in [-0.3, -0.25) is 14.6 Å². The number of amides is 2. The summed E-state index contributed by atoms with van der Waals surface area (Å²) >= 11 is 3.18. The molecule has 2 aliphatic heterocycles. The number of hydrogen-bond acceptors (Lipinski definition) is 8. The summed E-state index contributed by atoms with van der Waals surface area (Å²) in [7, 11) is 1.65. The number of methoxy groups -OCH3 is 1. The predicted octanol–water partition coefficient (Wildman–Crippen LogP) is 3.67. The minimum atomic E-state index is -0.0966. The van der Waals surface area contributed by atoms with Gasteiger partial charge < -0.3 is 20.3 Å². The Labute approximate surface area is 212 Å². The Morgan fingerprint density at radius 2 is 2.20 bits per heavy atom. The molecule has 8 nitrogen and oxygen atoms in total. The minimum Gasteiger partial charge on any atom is -0.497 e. The van der Waals surface area contributed by atoms with E-state index in [-0.39, 0.29) is 17.9 Å².